The Kier molecular flexibility index (Phi) is 3.33. The van der Waals surface area contributed by atoms with Crippen molar-refractivity contribution in [2.75, 3.05) is 17.2 Å². The van der Waals surface area contributed by atoms with Crippen molar-refractivity contribution >= 4 is 29.1 Å². The van der Waals surface area contributed by atoms with Crippen LogP contribution in [0.3, 0.4) is 0 Å². The number of hydrogen-bond donors (Lipinski definition) is 0. The summed E-state index contributed by atoms with van der Waals surface area (Å²) < 4.78 is 0. The molecule has 0 radical (unpaired) electrons. The van der Waals surface area contributed by atoms with Crippen molar-refractivity contribution < 1.29 is 9.59 Å². The summed E-state index contributed by atoms with van der Waals surface area (Å²) in [5.74, 6) is 0.543. The first kappa shape index (κ1) is 11.9. The van der Waals surface area contributed by atoms with Gasteiger partial charge in [0.25, 0.3) is 0 Å². The van der Waals surface area contributed by atoms with Crippen LogP contribution in [0, 0.1) is 0 Å². The van der Waals surface area contributed by atoms with Crippen LogP contribution >= 0.6 is 11.8 Å². The van der Waals surface area contributed by atoms with Crippen LogP contribution in [0.2, 0.25) is 0 Å². The highest BCUT2D eigenvalue weighted by molar-refractivity contribution is 8.00. The van der Waals surface area contributed by atoms with Crippen molar-refractivity contribution in [1.82, 2.24) is 0 Å². The maximum absolute atomic E-state index is 11.8. The number of nitrogens with zero attached hydrogens (tertiary/aromatic N) is 1. The van der Waals surface area contributed by atoms with Gasteiger partial charge in [-0.1, -0.05) is 6.08 Å². The second-order valence-electron chi connectivity index (χ2n) is 3.82. The number of benzene rings is 1. The molecule has 88 valence electrons. The summed E-state index contributed by atoms with van der Waals surface area (Å²) in [5, 5.41) is 0. The number of fused-ring (bicyclic) bond motifs is 1. The van der Waals surface area contributed by atoms with Crippen LogP contribution in [0.5, 0.6) is 0 Å². The third-order valence-corrected chi connectivity index (χ3v) is 3.65. The number of carbonyl (C=O) groups is 2. The topological polar surface area (TPSA) is 37.4 Å². The number of Topliss-reactive ketones (excluding diaryl/α,β-unsaturated/α-hetero) is 1. The zero-order valence-electron chi connectivity index (χ0n) is 9.60. The molecule has 1 aromatic rings. The minimum atomic E-state index is 0.0422. The van der Waals surface area contributed by atoms with Crippen molar-refractivity contribution in [3.8, 4) is 0 Å². The van der Waals surface area contributed by atoms with Crippen LogP contribution in [0.4, 0.5) is 5.69 Å². The van der Waals surface area contributed by atoms with Gasteiger partial charge in [0.15, 0.2) is 5.78 Å². The van der Waals surface area contributed by atoms with E-state index in [1.165, 1.54) is 11.8 Å². The lowest BCUT2D eigenvalue weighted by Crippen LogP contribution is -2.35. The summed E-state index contributed by atoms with van der Waals surface area (Å²) in [6.45, 7) is 5.70. The first-order valence-electron chi connectivity index (χ1n) is 5.32. The van der Waals surface area contributed by atoms with Crippen LogP contribution < -0.4 is 4.90 Å². The van der Waals surface area contributed by atoms with Crippen molar-refractivity contribution in [3.63, 3.8) is 0 Å². The summed E-state index contributed by atoms with van der Waals surface area (Å²) in [7, 11) is 0. The SMILES string of the molecule is C=CCN1C(=O)CSc2cc(C(C)=O)ccc21. The predicted molar refractivity (Wildman–Crippen MR) is 69.7 cm³/mol. The molecule has 0 unspecified atom stereocenters. The number of anilines is 1. The molecule has 1 heterocycles. The van der Waals surface area contributed by atoms with Crippen LogP contribution in [0.15, 0.2) is 35.7 Å². The first-order valence-corrected chi connectivity index (χ1v) is 6.31. The monoisotopic (exact) mass is 247 g/mol. The third kappa shape index (κ3) is 2.26. The number of amides is 1. The highest BCUT2D eigenvalue weighted by Crippen LogP contribution is 2.35. The van der Waals surface area contributed by atoms with Gasteiger partial charge in [-0.05, 0) is 25.1 Å². The molecule has 1 amide bonds. The van der Waals surface area contributed by atoms with E-state index in [-0.39, 0.29) is 11.7 Å². The molecule has 3 nitrogen and oxygen atoms in total. The fourth-order valence-electron chi connectivity index (χ4n) is 1.75. The van der Waals surface area contributed by atoms with Crippen molar-refractivity contribution in [2.45, 2.75) is 11.8 Å². The Bertz CT molecular complexity index is 496. The number of hydrogen-bond acceptors (Lipinski definition) is 3. The molecule has 2 rings (SSSR count). The Morgan fingerprint density at radius 2 is 2.35 bits per heavy atom. The molecule has 1 aromatic carbocycles. The standard InChI is InChI=1S/C13H13NO2S/c1-3-6-14-11-5-4-10(9(2)15)7-12(11)17-8-13(14)16/h3-5,7H,1,6,8H2,2H3. The number of rotatable bonds is 3. The molecule has 0 atom stereocenters. The maximum Gasteiger partial charge on any atom is 0.237 e. The van der Waals surface area contributed by atoms with Gasteiger partial charge in [0.2, 0.25) is 5.91 Å². The Morgan fingerprint density at radius 3 is 3.00 bits per heavy atom. The lowest BCUT2D eigenvalue weighted by atomic mass is 10.1. The van der Waals surface area contributed by atoms with Gasteiger partial charge in [-0.15, -0.1) is 18.3 Å². The number of carbonyl (C=O) groups excluding carboxylic acids is 2. The average molecular weight is 247 g/mol. The fourth-order valence-corrected chi connectivity index (χ4v) is 2.72. The Labute approximate surface area is 104 Å². The van der Waals surface area contributed by atoms with E-state index in [4.69, 9.17) is 0 Å². The van der Waals surface area contributed by atoms with E-state index < -0.39 is 0 Å². The van der Waals surface area contributed by atoms with Crippen molar-refractivity contribution in [2.24, 2.45) is 0 Å². The second-order valence-corrected chi connectivity index (χ2v) is 4.84. The van der Waals surface area contributed by atoms with E-state index in [0.29, 0.717) is 17.9 Å². The molecule has 0 fully saturated rings. The van der Waals surface area contributed by atoms with E-state index in [1.54, 1.807) is 24.0 Å². The van der Waals surface area contributed by atoms with Gasteiger partial charge in [-0.25, -0.2) is 0 Å². The largest absolute Gasteiger partial charge is 0.307 e. The average Bonchev–Trinajstić information content (AvgIpc) is 2.32. The lowest BCUT2D eigenvalue weighted by molar-refractivity contribution is -0.116. The molecule has 0 saturated heterocycles. The quantitative estimate of drug-likeness (QED) is 0.608. The van der Waals surface area contributed by atoms with Gasteiger partial charge in [0, 0.05) is 17.0 Å². The van der Waals surface area contributed by atoms with E-state index in [0.717, 1.165) is 10.6 Å². The van der Waals surface area contributed by atoms with E-state index >= 15 is 0 Å². The normalized spacial score (nSPS) is 14.4. The second kappa shape index (κ2) is 4.75. The molecule has 0 saturated carbocycles. The Balaban J connectivity index is 2.43. The molecule has 0 spiro atoms. The highest BCUT2D eigenvalue weighted by atomic mass is 32.2. The van der Waals surface area contributed by atoms with Crippen molar-refractivity contribution in [1.29, 1.82) is 0 Å². The molecule has 1 aliphatic rings. The van der Waals surface area contributed by atoms with Gasteiger partial charge in [-0.3, -0.25) is 9.59 Å². The van der Waals surface area contributed by atoms with E-state index in [2.05, 4.69) is 6.58 Å². The third-order valence-electron chi connectivity index (χ3n) is 2.62. The lowest BCUT2D eigenvalue weighted by Gasteiger charge is -2.28. The van der Waals surface area contributed by atoms with Crippen LogP contribution in [0.1, 0.15) is 17.3 Å². The Hall–Kier alpha value is -1.55. The number of thioether (sulfide) groups is 1. The Morgan fingerprint density at radius 1 is 1.59 bits per heavy atom. The fraction of sp³-hybridized carbons (Fsp3) is 0.231. The van der Waals surface area contributed by atoms with Gasteiger partial charge < -0.3 is 4.90 Å². The molecule has 17 heavy (non-hydrogen) atoms. The predicted octanol–water partition coefficient (Wildman–Crippen LogP) is 2.51. The zero-order valence-corrected chi connectivity index (χ0v) is 10.4. The van der Waals surface area contributed by atoms with Crippen molar-refractivity contribution in [3.05, 3.63) is 36.4 Å². The zero-order chi connectivity index (χ0) is 12.4. The summed E-state index contributed by atoms with van der Waals surface area (Å²) in [6, 6.07) is 5.45. The minimum Gasteiger partial charge on any atom is -0.307 e. The van der Waals surface area contributed by atoms with E-state index in [1.807, 2.05) is 12.1 Å². The molecule has 4 heteroatoms. The number of ketones is 1. The summed E-state index contributed by atoms with van der Waals surface area (Å²) in [5.41, 5.74) is 1.56. The van der Waals surface area contributed by atoms with Gasteiger partial charge in [0.1, 0.15) is 0 Å². The first-order chi connectivity index (χ1) is 8.13. The van der Waals surface area contributed by atoms with Crippen LogP contribution in [-0.4, -0.2) is 24.0 Å². The summed E-state index contributed by atoms with van der Waals surface area (Å²) >= 11 is 1.48. The molecule has 1 aliphatic heterocycles. The molecule has 0 aliphatic carbocycles. The molecule has 0 aromatic heterocycles. The molecule has 0 N–H and O–H groups in total. The minimum absolute atomic E-state index is 0.0422. The van der Waals surface area contributed by atoms with Crippen LogP contribution in [0.25, 0.3) is 0 Å². The van der Waals surface area contributed by atoms with E-state index in [9.17, 15) is 9.59 Å². The smallest absolute Gasteiger partial charge is 0.237 e. The summed E-state index contributed by atoms with van der Waals surface area (Å²) in [6.07, 6.45) is 1.70. The van der Waals surface area contributed by atoms with Crippen LogP contribution in [-0.2, 0) is 4.79 Å². The van der Waals surface area contributed by atoms with Gasteiger partial charge in [0.05, 0.1) is 11.4 Å². The highest BCUT2D eigenvalue weighted by Gasteiger charge is 2.24. The summed E-state index contributed by atoms with van der Waals surface area (Å²) in [4.78, 5) is 25.7. The maximum atomic E-state index is 11.8. The van der Waals surface area contributed by atoms with Gasteiger partial charge >= 0.3 is 0 Å². The molecular formula is C13H13NO2S. The molecule has 0 bridgehead atoms. The molecular weight excluding hydrogens is 234 g/mol. The van der Waals surface area contributed by atoms with Gasteiger partial charge in [-0.2, -0.15) is 0 Å².